The topological polar surface area (TPSA) is 58.2 Å². The first kappa shape index (κ1) is 20.1. The van der Waals surface area contributed by atoms with Crippen molar-refractivity contribution in [3.8, 4) is 0 Å². The molecule has 0 heterocycles. The van der Waals surface area contributed by atoms with E-state index < -0.39 is 0 Å². The Kier molecular flexibility index (Phi) is 6.95. The van der Waals surface area contributed by atoms with E-state index in [2.05, 4.69) is 10.6 Å². The Morgan fingerprint density at radius 2 is 1.45 bits per heavy atom. The highest BCUT2D eigenvalue weighted by Crippen LogP contribution is 2.22. The molecule has 146 valence electrons. The Morgan fingerprint density at radius 3 is 2.14 bits per heavy atom. The standard InChI is InChI=1S/C25H24N2O2/c1-2-17-26-24(28)21-15-9-10-16-23(21)27-25(29)22(20-13-7-4-8-14-20)18-19-11-5-3-6-12-19/h3-16,18H,2,17H2,1H3,(H,26,28)(H,27,29)/b22-18+. The van der Waals surface area contributed by atoms with E-state index in [1.54, 1.807) is 24.3 Å². The molecule has 0 saturated heterocycles. The second-order valence-electron chi connectivity index (χ2n) is 6.59. The van der Waals surface area contributed by atoms with Crippen LogP contribution < -0.4 is 10.6 Å². The lowest BCUT2D eigenvalue weighted by atomic mass is 10.0. The van der Waals surface area contributed by atoms with Gasteiger partial charge in [0, 0.05) is 12.1 Å². The molecule has 0 atom stereocenters. The Bertz CT molecular complexity index is 996. The molecule has 29 heavy (non-hydrogen) atoms. The van der Waals surface area contributed by atoms with Crippen molar-refractivity contribution in [3.63, 3.8) is 0 Å². The maximum Gasteiger partial charge on any atom is 0.256 e. The molecule has 2 amide bonds. The van der Waals surface area contributed by atoms with Gasteiger partial charge < -0.3 is 10.6 Å². The van der Waals surface area contributed by atoms with Gasteiger partial charge in [0.15, 0.2) is 0 Å². The monoisotopic (exact) mass is 384 g/mol. The second kappa shape index (κ2) is 10.0. The van der Waals surface area contributed by atoms with Gasteiger partial charge >= 0.3 is 0 Å². The highest BCUT2D eigenvalue weighted by atomic mass is 16.2. The van der Waals surface area contributed by atoms with E-state index in [0.717, 1.165) is 17.5 Å². The molecule has 3 aromatic carbocycles. The second-order valence-corrected chi connectivity index (χ2v) is 6.59. The minimum Gasteiger partial charge on any atom is -0.352 e. The molecule has 0 aliphatic heterocycles. The fourth-order valence-corrected chi connectivity index (χ4v) is 2.93. The Morgan fingerprint density at radius 1 is 0.828 bits per heavy atom. The molecule has 3 rings (SSSR count). The van der Waals surface area contributed by atoms with Crippen LogP contribution in [0.4, 0.5) is 5.69 Å². The number of hydrogen-bond acceptors (Lipinski definition) is 2. The average molecular weight is 384 g/mol. The van der Waals surface area contributed by atoms with Crippen molar-refractivity contribution < 1.29 is 9.59 Å². The SMILES string of the molecule is CCCNC(=O)c1ccccc1NC(=O)/C(=C/c1ccccc1)c1ccccc1. The summed E-state index contributed by atoms with van der Waals surface area (Å²) in [4.78, 5) is 25.7. The molecular weight excluding hydrogens is 360 g/mol. The Hall–Kier alpha value is -3.66. The van der Waals surface area contributed by atoms with Crippen molar-refractivity contribution in [1.82, 2.24) is 5.32 Å². The zero-order chi connectivity index (χ0) is 20.5. The molecule has 0 fully saturated rings. The first-order valence-corrected chi connectivity index (χ1v) is 9.69. The summed E-state index contributed by atoms with van der Waals surface area (Å²) in [7, 11) is 0. The third kappa shape index (κ3) is 5.42. The van der Waals surface area contributed by atoms with E-state index in [1.807, 2.05) is 73.7 Å². The smallest absolute Gasteiger partial charge is 0.256 e. The molecule has 0 unspecified atom stereocenters. The number of carbonyl (C=O) groups excluding carboxylic acids is 2. The van der Waals surface area contributed by atoms with Crippen molar-refractivity contribution in [2.24, 2.45) is 0 Å². The number of rotatable bonds is 7. The fraction of sp³-hybridized carbons (Fsp3) is 0.120. The number of hydrogen-bond donors (Lipinski definition) is 2. The molecule has 0 radical (unpaired) electrons. The predicted molar refractivity (Wildman–Crippen MR) is 118 cm³/mol. The molecule has 2 N–H and O–H groups in total. The van der Waals surface area contributed by atoms with E-state index in [9.17, 15) is 9.59 Å². The number of carbonyl (C=O) groups is 2. The van der Waals surface area contributed by atoms with Crippen LogP contribution in [0.1, 0.15) is 34.8 Å². The number of benzene rings is 3. The summed E-state index contributed by atoms with van der Waals surface area (Å²) in [5.41, 5.74) is 3.19. The third-order valence-corrected chi connectivity index (χ3v) is 4.40. The van der Waals surface area contributed by atoms with Gasteiger partial charge in [0.05, 0.1) is 11.3 Å². The van der Waals surface area contributed by atoms with E-state index in [-0.39, 0.29) is 11.8 Å². The maximum absolute atomic E-state index is 13.2. The van der Waals surface area contributed by atoms with Crippen LogP contribution in [-0.4, -0.2) is 18.4 Å². The quantitative estimate of drug-likeness (QED) is 0.445. The van der Waals surface area contributed by atoms with E-state index in [1.165, 1.54) is 0 Å². The van der Waals surface area contributed by atoms with Crippen molar-refractivity contribution >= 4 is 29.2 Å². The van der Waals surface area contributed by atoms with Crippen LogP contribution in [0.25, 0.3) is 11.6 Å². The van der Waals surface area contributed by atoms with E-state index >= 15 is 0 Å². The molecule has 4 nitrogen and oxygen atoms in total. The van der Waals surface area contributed by atoms with Crippen LogP contribution in [-0.2, 0) is 4.79 Å². The van der Waals surface area contributed by atoms with Gasteiger partial charge in [0.1, 0.15) is 0 Å². The number of para-hydroxylation sites is 1. The number of nitrogens with one attached hydrogen (secondary N) is 2. The van der Waals surface area contributed by atoms with Crippen molar-refractivity contribution in [2.75, 3.05) is 11.9 Å². The fourth-order valence-electron chi connectivity index (χ4n) is 2.93. The van der Waals surface area contributed by atoms with Crippen LogP contribution in [0.5, 0.6) is 0 Å². The number of anilines is 1. The Labute approximate surface area is 171 Å². The van der Waals surface area contributed by atoms with Crippen LogP contribution in [0.3, 0.4) is 0 Å². The zero-order valence-electron chi connectivity index (χ0n) is 16.4. The lowest BCUT2D eigenvalue weighted by Crippen LogP contribution is -2.26. The van der Waals surface area contributed by atoms with Gasteiger partial charge in [-0.2, -0.15) is 0 Å². The molecule has 0 bridgehead atoms. The molecule has 0 aromatic heterocycles. The summed E-state index contributed by atoms with van der Waals surface area (Å²) >= 11 is 0. The summed E-state index contributed by atoms with van der Waals surface area (Å²) in [6.07, 6.45) is 2.70. The van der Waals surface area contributed by atoms with E-state index in [0.29, 0.717) is 23.4 Å². The van der Waals surface area contributed by atoms with E-state index in [4.69, 9.17) is 0 Å². The minimum atomic E-state index is -0.268. The van der Waals surface area contributed by atoms with Crippen molar-refractivity contribution in [3.05, 3.63) is 102 Å². The van der Waals surface area contributed by atoms with Gasteiger partial charge in [0.2, 0.25) is 0 Å². The maximum atomic E-state index is 13.2. The first-order chi connectivity index (χ1) is 14.2. The van der Waals surface area contributed by atoms with Crippen LogP contribution in [0.2, 0.25) is 0 Å². The largest absolute Gasteiger partial charge is 0.352 e. The summed E-state index contributed by atoms with van der Waals surface area (Å²) in [5, 5.41) is 5.78. The lowest BCUT2D eigenvalue weighted by molar-refractivity contribution is -0.111. The van der Waals surface area contributed by atoms with Gasteiger partial charge in [-0.15, -0.1) is 0 Å². The molecule has 0 aliphatic rings. The average Bonchev–Trinajstić information content (AvgIpc) is 2.77. The van der Waals surface area contributed by atoms with Gasteiger partial charge in [-0.25, -0.2) is 0 Å². The third-order valence-electron chi connectivity index (χ3n) is 4.40. The summed E-state index contributed by atoms with van der Waals surface area (Å²) in [6.45, 7) is 2.58. The highest BCUT2D eigenvalue weighted by molar-refractivity contribution is 6.29. The minimum absolute atomic E-state index is 0.198. The molecule has 4 heteroatoms. The lowest BCUT2D eigenvalue weighted by Gasteiger charge is -2.13. The first-order valence-electron chi connectivity index (χ1n) is 9.69. The van der Waals surface area contributed by atoms with Crippen molar-refractivity contribution in [1.29, 1.82) is 0 Å². The van der Waals surface area contributed by atoms with Gasteiger partial charge in [-0.1, -0.05) is 79.7 Å². The predicted octanol–water partition coefficient (Wildman–Crippen LogP) is 5.01. The highest BCUT2D eigenvalue weighted by Gasteiger charge is 2.16. The van der Waals surface area contributed by atoms with Gasteiger partial charge in [-0.3, -0.25) is 9.59 Å². The Balaban J connectivity index is 1.93. The van der Waals surface area contributed by atoms with Crippen LogP contribution in [0, 0.1) is 0 Å². The van der Waals surface area contributed by atoms with Gasteiger partial charge in [-0.05, 0) is 35.8 Å². The van der Waals surface area contributed by atoms with Crippen molar-refractivity contribution in [2.45, 2.75) is 13.3 Å². The van der Waals surface area contributed by atoms with Crippen LogP contribution >= 0.6 is 0 Å². The van der Waals surface area contributed by atoms with Gasteiger partial charge in [0.25, 0.3) is 11.8 Å². The number of amides is 2. The molecular formula is C25H24N2O2. The molecule has 0 saturated carbocycles. The summed E-state index contributed by atoms with van der Waals surface area (Å²) in [6, 6.07) is 26.2. The summed E-state index contributed by atoms with van der Waals surface area (Å²) in [5.74, 6) is -0.466. The molecule has 3 aromatic rings. The normalized spacial score (nSPS) is 11.0. The summed E-state index contributed by atoms with van der Waals surface area (Å²) < 4.78 is 0. The molecule has 0 aliphatic carbocycles. The zero-order valence-corrected chi connectivity index (χ0v) is 16.4. The van der Waals surface area contributed by atoms with Crippen LogP contribution in [0.15, 0.2) is 84.9 Å². The molecule has 0 spiro atoms.